The highest BCUT2D eigenvalue weighted by Gasteiger charge is 2.66. The lowest BCUT2D eigenvalue weighted by molar-refractivity contribution is -0.146. The zero-order valence-electron chi connectivity index (χ0n) is 35.9. The van der Waals surface area contributed by atoms with Crippen molar-refractivity contribution in [2.24, 2.45) is 11.0 Å². The Morgan fingerprint density at radius 2 is 1.63 bits per heavy atom. The van der Waals surface area contributed by atoms with E-state index >= 15 is 4.79 Å². The average Bonchev–Trinajstić information content (AvgIpc) is 3.97. The van der Waals surface area contributed by atoms with Crippen LogP contribution in [0.2, 0.25) is 23.7 Å². The summed E-state index contributed by atoms with van der Waals surface area (Å²) in [6.45, 7) is 7.60. The number of benzene rings is 5. The zero-order chi connectivity index (χ0) is 43.9. The molecule has 9 rings (SSSR count). The molecule has 2 amide bonds. The zero-order valence-corrected chi connectivity index (χ0v) is 37.7. The van der Waals surface area contributed by atoms with Crippen LogP contribution in [0.3, 0.4) is 0 Å². The quantitative estimate of drug-likeness (QED) is 0.116. The molecule has 11 nitrogen and oxygen atoms in total. The first kappa shape index (κ1) is 42.4. The molecule has 322 valence electrons. The number of hydrogen-bond acceptors (Lipinski definition) is 8. The minimum absolute atomic E-state index is 0.00169. The van der Waals surface area contributed by atoms with Gasteiger partial charge in [0.25, 0.3) is 5.91 Å². The molecule has 1 fully saturated rings. The lowest BCUT2D eigenvalue weighted by Crippen LogP contribution is -2.51. The van der Waals surface area contributed by atoms with E-state index in [0.717, 1.165) is 39.4 Å². The number of anilines is 2. The Bertz CT molecular complexity index is 2640. The van der Waals surface area contributed by atoms with Gasteiger partial charge in [-0.05, 0) is 71.1 Å². The minimum atomic E-state index is -2.42. The van der Waals surface area contributed by atoms with Gasteiger partial charge >= 0.3 is 0 Å². The largest absolute Gasteiger partial charge is 0.497 e. The van der Waals surface area contributed by atoms with Crippen LogP contribution in [0.15, 0.2) is 139 Å². The Morgan fingerprint density at radius 3 is 2.33 bits per heavy atom. The third-order valence-electron chi connectivity index (χ3n) is 13.4. The minimum Gasteiger partial charge on any atom is -0.497 e. The van der Waals surface area contributed by atoms with E-state index in [4.69, 9.17) is 26.2 Å². The van der Waals surface area contributed by atoms with Gasteiger partial charge < -0.3 is 19.5 Å². The predicted molar refractivity (Wildman–Crippen MR) is 248 cm³/mol. The molecule has 1 saturated heterocycles. The van der Waals surface area contributed by atoms with Crippen molar-refractivity contribution in [2.75, 3.05) is 23.6 Å². The molecule has 0 bridgehead atoms. The number of ether oxygens (including phenoxy) is 2. The number of hydrazone groups is 1. The van der Waals surface area contributed by atoms with Gasteiger partial charge in [-0.3, -0.25) is 14.3 Å². The van der Waals surface area contributed by atoms with E-state index in [9.17, 15) is 9.90 Å². The fourth-order valence-corrected chi connectivity index (χ4v) is 14.4. The van der Waals surface area contributed by atoms with Crippen LogP contribution in [0.25, 0.3) is 0 Å². The Labute approximate surface area is 373 Å². The van der Waals surface area contributed by atoms with Gasteiger partial charge in [0.15, 0.2) is 5.60 Å². The number of aromatic nitrogens is 3. The summed E-state index contributed by atoms with van der Waals surface area (Å²) in [6.07, 6.45) is 3.12. The highest BCUT2D eigenvalue weighted by Crippen LogP contribution is 2.60. The van der Waals surface area contributed by atoms with Gasteiger partial charge in [0.1, 0.15) is 5.75 Å². The molecule has 5 aromatic carbocycles. The number of carbonyl (C=O) groups excluding carboxylic acids is 2. The summed E-state index contributed by atoms with van der Waals surface area (Å²) in [5, 5.41) is 27.3. The number of aliphatic hydroxyl groups excluding tert-OH is 1. The van der Waals surface area contributed by atoms with Crippen LogP contribution in [-0.4, -0.2) is 65.5 Å². The molecule has 3 aliphatic heterocycles. The first-order valence-electron chi connectivity index (χ1n) is 21.6. The third-order valence-corrected chi connectivity index (χ3v) is 18.0. The Hall–Kier alpha value is -5.92. The van der Waals surface area contributed by atoms with E-state index in [2.05, 4.69) is 42.5 Å². The van der Waals surface area contributed by atoms with Gasteiger partial charge in [-0.1, -0.05) is 127 Å². The van der Waals surface area contributed by atoms with Crippen molar-refractivity contribution in [2.45, 2.75) is 75.5 Å². The summed E-state index contributed by atoms with van der Waals surface area (Å²) in [4.78, 5) is 30.4. The Morgan fingerprint density at radius 1 is 0.921 bits per heavy atom. The van der Waals surface area contributed by atoms with Crippen molar-refractivity contribution in [3.05, 3.63) is 167 Å². The van der Waals surface area contributed by atoms with Crippen molar-refractivity contribution in [3.8, 4) is 5.75 Å². The van der Waals surface area contributed by atoms with Crippen LogP contribution in [-0.2, 0) is 33.0 Å². The maximum absolute atomic E-state index is 15.4. The summed E-state index contributed by atoms with van der Waals surface area (Å²) >= 11 is 6.79. The number of carbonyl (C=O) groups is 2. The molecule has 5 atom stereocenters. The number of rotatable bonds is 13. The van der Waals surface area contributed by atoms with Gasteiger partial charge in [0, 0.05) is 42.1 Å². The number of aliphatic hydroxyl groups is 1. The summed E-state index contributed by atoms with van der Waals surface area (Å²) in [6, 6.07) is 41.5. The number of halogens is 1. The van der Waals surface area contributed by atoms with Gasteiger partial charge in [0.05, 0.1) is 63.1 Å². The molecular weight excluding hydrogens is 828 g/mol. The second-order valence-electron chi connectivity index (χ2n) is 17.3. The lowest BCUT2D eigenvalue weighted by atomic mass is 9.82. The van der Waals surface area contributed by atoms with Gasteiger partial charge in [0.2, 0.25) is 5.91 Å². The van der Waals surface area contributed by atoms with Crippen LogP contribution >= 0.6 is 11.6 Å². The summed E-state index contributed by atoms with van der Waals surface area (Å²) < 4.78 is 14.7. The lowest BCUT2D eigenvalue weighted by Gasteiger charge is -2.37. The van der Waals surface area contributed by atoms with Gasteiger partial charge in [-0.2, -0.15) is 5.10 Å². The Balaban J connectivity index is 1.03. The number of fused-ring (bicyclic) bond motifs is 2. The average molecular weight is 880 g/mol. The third kappa shape index (κ3) is 7.79. The number of methoxy groups -OCH3 is 1. The number of nitrogens with zero attached hydrogens (tertiary/aromatic N) is 6. The van der Waals surface area contributed by atoms with Crippen molar-refractivity contribution in [3.63, 3.8) is 0 Å². The topological polar surface area (TPSA) is 122 Å². The number of aryl methyl sites for hydroxylation is 1. The van der Waals surface area contributed by atoms with Gasteiger partial charge in [-0.25, -0.2) is 5.01 Å². The van der Waals surface area contributed by atoms with E-state index in [0.29, 0.717) is 48.8 Å². The molecule has 13 heteroatoms. The van der Waals surface area contributed by atoms with E-state index in [-0.39, 0.29) is 41.9 Å². The molecular formula is C50H51ClN6O5Si. The number of amides is 2. The van der Waals surface area contributed by atoms with Crippen LogP contribution in [0.5, 0.6) is 5.75 Å². The fraction of sp³-hybridized carbons (Fsp3) is 0.300. The summed E-state index contributed by atoms with van der Waals surface area (Å²) in [5.74, 6) is 0.0780. The van der Waals surface area contributed by atoms with Crippen LogP contribution in [0.1, 0.15) is 60.1 Å². The number of hydrogen-bond donors (Lipinski definition) is 1. The van der Waals surface area contributed by atoms with Crippen molar-refractivity contribution in [1.29, 1.82) is 0 Å². The molecule has 3 aliphatic rings. The van der Waals surface area contributed by atoms with Crippen LogP contribution in [0, 0.1) is 5.92 Å². The first-order valence-corrected chi connectivity index (χ1v) is 25.0. The Kier molecular flexibility index (Phi) is 11.7. The van der Waals surface area contributed by atoms with Crippen LogP contribution in [0.4, 0.5) is 11.4 Å². The molecule has 4 heterocycles. The van der Waals surface area contributed by atoms with E-state index < -0.39 is 13.7 Å². The second kappa shape index (κ2) is 17.3. The first-order chi connectivity index (χ1) is 30.5. The molecule has 1 aromatic heterocycles. The van der Waals surface area contributed by atoms with E-state index in [1.165, 1.54) is 10.2 Å². The highest BCUT2D eigenvalue weighted by molar-refractivity contribution is 6.91. The second-order valence-corrected chi connectivity index (χ2v) is 22.5. The summed E-state index contributed by atoms with van der Waals surface area (Å²) in [5.41, 5.74) is 5.34. The fourth-order valence-electron chi connectivity index (χ4n) is 10.1. The normalized spacial score (nSPS) is 21.5. The smallest absolute Gasteiger partial charge is 0.264 e. The van der Waals surface area contributed by atoms with Crippen molar-refractivity contribution >= 4 is 53.8 Å². The molecule has 0 radical (unpaired) electrons. The van der Waals surface area contributed by atoms with E-state index in [1.54, 1.807) is 7.11 Å². The predicted octanol–water partition coefficient (Wildman–Crippen LogP) is 8.45. The standard InChI is InChI=1S/C50H51ClN6O5Si/c1-33-48(63(3,4)40-22-20-39(61-2)21-23-40)46(27-28-55-31-44(52-54-55)41(32-58)35-11-7-5-8-12-35)62-50(33)42-29-37(51)17-25-45(42)56(49(50)60)30-34-15-18-38(19-16-34)57-47(59)26-24-43(53-57)36-13-9-6-10-14-36/h5-23,25,29,31,33,41,46,48,58H,24,26-28,30,32H2,1-4H3/t33-,41?,46+,48-,50+/m1/s1. The molecule has 1 unspecified atom stereocenters. The molecule has 63 heavy (non-hydrogen) atoms. The van der Waals surface area contributed by atoms with Crippen molar-refractivity contribution < 1.29 is 24.2 Å². The summed E-state index contributed by atoms with van der Waals surface area (Å²) in [7, 11) is -0.755. The molecule has 0 saturated carbocycles. The maximum Gasteiger partial charge on any atom is 0.264 e. The molecule has 1 spiro atoms. The molecule has 6 aromatic rings. The monoisotopic (exact) mass is 878 g/mol. The van der Waals surface area contributed by atoms with Crippen molar-refractivity contribution in [1.82, 2.24) is 15.0 Å². The molecule has 0 aliphatic carbocycles. The van der Waals surface area contributed by atoms with Gasteiger partial charge in [-0.15, -0.1) is 5.10 Å². The van der Waals surface area contributed by atoms with E-state index in [1.807, 2.05) is 131 Å². The highest BCUT2D eigenvalue weighted by atomic mass is 35.5. The SMILES string of the molecule is COc1ccc([Si](C)(C)[C@H]2[C@H](CCn3cc(C(CO)c4ccccc4)nn3)O[C@@]3(C(=O)N(Cc4ccc(N5N=C(c6ccccc6)CCC5=O)cc4)c4ccc(Cl)cc43)[C@@H]2C)cc1. The molecule has 1 N–H and O–H groups in total. The maximum atomic E-state index is 15.4. The van der Waals surface area contributed by atoms with Crippen LogP contribution < -0.4 is 19.8 Å².